The minimum atomic E-state index is -0.0948. The summed E-state index contributed by atoms with van der Waals surface area (Å²) in [5.74, 6) is 0. The minimum absolute atomic E-state index is 0.0948. The first-order valence-corrected chi connectivity index (χ1v) is 7.32. The van der Waals surface area contributed by atoms with Gasteiger partial charge in [0.15, 0.2) is 0 Å². The molecule has 2 nitrogen and oxygen atoms in total. The van der Waals surface area contributed by atoms with Crippen molar-refractivity contribution in [3.05, 3.63) is 102 Å². The van der Waals surface area contributed by atoms with Crippen LogP contribution in [0.3, 0.4) is 0 Å². The third-order valence-corrected chi connectivity index (χ3v) is 3.58. The van der Waals surface area contributed by atoms with Gasteiger partial charge in [0, 0.05) is 17.5 Å². The van der Waals surface area contributed by atoms with Gasteiger partial charge in [-0.15, -0.1) is 0 Å². The largest absolute Gasteiger partial charge is 0.398 e. The Labute approximate surface area is 131 Å². The smallest absolute Gasteiger partial charge is 0.102 e. The molecular formula is C20H18N2. The van der Waals surface area contributed by atoms with E-state index >= 15 is 0 Å². The molecule has 0 heterocycles. The summed E-state index contributed by atoms with van der Waals surface area (Å²) in [5, 5.41) is 0. The van der Waals surface area contributed by atoms with Crippen LogP contribution in [-0.2, 0) is 0 Å². The fourth-order valence-electron chi connectivity index (χ4n) is 2.44. The first kappa shape index (κ1) is 14.1. The Morgan fingerprint density at radius 2 is 1.32 bits per heavy atom. The van der Waals surface area contributed by atoms with Crippen molar-refractivity contribution in [1.82, 2.24) is 0 Å². The topological polar surface area (TPSA) is 38.4 Å². The van der Waals surface area contributed by atoms with Gasteiger partial charge in [0.2, 0.25) is 0 Å². The van der Waals surface area contributed by atoms with Gasteiger partial charge in [0.25, 0.3) is 0 Å². The molecule has 0 fully saturated rings. The first-order chi connectivity index (χ1) is 10.8. The van der Waals surface area contributed by atoms with Crippen LogP contribution >= 0.6 is 0 Å². The molecule has 3 rings (SSSR count). The molecule has 3 aromatic carbocycles. The lowest BCUT2D eigenvalue weighted by Gasteiger charge is -2.15. The first-order valence-electron chi connectivity index (χ1n) is 7.32. The van der Waals surface area contributed by atoms with Gasteiger partial charge in [0.05, 0.1) is 0 Å². The summed E-state index contributed by atoms with van der Waals surface area (Å²) in [7, 11) is 0. The van der Waals surface area contributed by atoms with E-state index in [9.17, 15) is 0 Å². The molecule has 2 N–H and O–H groups in total. The molecule has 0 bridgehead atoms. The third-order valence-electron chi connectivity index (χ3n) is 3.58. The normalized spacial score (nSPS) is 12.4. The van der Waals surface area contributed by atoms with Gasteiger partial charge in [-0.1, -0.05) is 78.9 Å². The zero-order valence-corrected chi connectivity index (χ0v) is 12.3. The van der Waals surface area contributed by atoms with Crippen molar-refractivity contribution < 1.29 is 0 Å². The average molecular weight is 286 g/mol. The molecule has 0 saturated carbocycles. The number of anilines is 1. The quantitative estimate of drug-likeness (QED) is 0.557. The van der Waals surface area contributed by atoms with Crippen molar-refractivity contribution >= 4 is 11.9 Å². The standard InChI is InChI=1S/C20H18N2/c21-19-14-8-7-13-18(19)20(17-11-5-2-6-12-17)22-15-16-9-3-1-4-10-16/h1-15,20H,21H2. The Bertz CT molecular complexity index is 749. The predicted octanol–water partition coefficient (Wildman–Crippen LogP) is 4.48. The molecule has 2 heteroatoms. The molecule has 1 atom stereocenters. The molecule has 1 unspecified atom stereocenters. The molecule has 0 aliphatic carbocycles. The molecule has 0 amide bonds. The van der Waals surface area contributed by atoms with Gasteiger partial charge in [-0.05, 0) is 17.2 Å². The third kappa shape index (κ3) is 3.23. The summed E-state index contributed by atoms with van der Waals surface area (Å²) in [4.78, 5) is 4.79. The van der Waals surface area contributed by atoms with Crippen molar-refractivity contribution in [1.29, 1.82) is 0 Å². The van der Waals surface area contributed by atoms with E-state index in [1.165, 1.54) is 0 Å². The summed E-state index contributed by atoms with van der Waals surface area (Å²) in [5.41, 5.74) is 10.2. The van der Waals surface area contributed by atoms with Crippen molar-refractivity contribution in [2.24, 2.45) is 4.99 Å². The van der Waals surface area contributed by atoms with Crippen LogP contribution in [0.4, 0.5) is 5.69 Å². The highest BCUT2D eigenvalue weighted by molar-refractivity contribution is 5.80. The van der Waals surface area contributed by atoms with Crippen LogP contribution in [0, 0.1) is 0 Å². The molecule has 22 heavy (non-hydrogen) atoms. The fraction of sp³-hybridized carbons (Fsp3) is 0.0500. The molecule has 108 valence electrons. The number of hydrogen-bond acceptors (Lipinski definition) is 2. The summed E-state index contributed by atoms with van der Waals surface area (Å²) in [6.07, 6.45) is 1.91. The van der Waals surface area contributed by atoms with Gasteiger partial charge in [-0.25, -0.2) is 0 Å². The van der Waals surface area contributed by atoms with E-state index in [2.05, 4.69) is 12.1 Å². The second-order valence-corrected chi connectivity index (χ2v) is 5.13. The van der Waals surface area contributed by atoms with E-state index in [1.54, 1.807) is 0 Å². The summed E-state index contributed by atoms with van der Waals surface area (Å²) >= 11 is 0. The van der Waals surface area contributed by atoms with Crippen molar-refractivity contribution in [2.45, 2.75) is 6.04 Å². The molecule has 0 spiro atoms. The number of aliphatic imine (C=N–C) groups is 1. The second kappa shape index (κ2) is 6.72. The lowest BCUT2D eigenvalue weighted by Crippen LogP contribution is -2.03. The van der Waals surface area contributed by atoms with Crippen LogP contribution in [0.15, 0.2) is 89.9 Å². The van der Waals surface area contributed by atoms with Crippen molar-refractivity contribution in [3.8, 4) is 0 Å². The Morgan fingerprint density at radius 1 is 0.727 bits per heavy atom. The number of benzene rings is 3. The highest BCUT2D eigenvalue weighted by Gasteiger charge is 2.14. The number of rotatable bonds is 4. The maximum Gasteiger partial charge on any atom is 0.102 e. The number of nitrogens with two attached hydrogens (primary N) is 1. The zero-order valence-electron chi connectivity index (χ0n) is 12.3. The van der Waals surface area contributed by atoms with Gasteiger partial charge >= 0.3 is 0 Å². The van der Waals surface area contributed by atoms with Crippen molar-refractivity contribution in [3.63, 3.8) is 0 Å². The minimum Gasteiger partial charge on any atom is -0.398 e. The van der Waals surface area contributed by atoms with Crippen LogP contribution in [0.1, 0.15) is 22.7 Å². The summed E-state index contributed by atoms with van der Waals surface area (Å²) in [6.45, 7) is 0. The lowest BCUT2D eigenvalue weighted by atomic mass is 9.98. The van der Waals surface area contributed by atoms with E-state index in [0.29, 0.717) is 0 Å². The molecule has 3 aromatic rings. The van der Waals surface area contributed by atoms with Gasteiger partial charge < -0.3 is 5.73 Å². The fourth-order valence-corrected chi connectivity index (χ4v) is 2.44. The number of para-hydroxylation sites is 1. The van der Waals surface area contributed by atoms with Crippen LogP contribution in [0.2, 0.25) is 0 Å². The lowest BCUT2D eigenvalue weighted by molar-refractivity contribution is 0.881. The summed E-state index contributed by atoms with van der Waals surface area (Å²) in [6, 6.07) is 28.1. The average Bonchev–Trinajstić information content (AvgIpc) is 2.58. The van der Waals surface area contributed by atoms with Crippen molar-refractivity contribution in [2.75, 3.05) is 5.73 Å². The molecule has 0 aliphatic rings. The zero-order chi connectivity index (χ0) is 15.2. The van der Waals surface area contributed by atoms with Gasteiger partial charge in [0.1, 0.15) is 6.04 Å². The van der Waals surface area contributed by atoms with Gasteiger partial charge in [-0.2, -0.15) is 0 Å². The molecular weight excluding hydrogens is 268 g/mol. The van der Waals surface area contributed by atoms with E-state index in [4.69, 9.17) is 10.7 Å². The number of nitrogen functional groups attached to an aromatic ring is 1. The Morgan fingerprint density at radius 3 is 2.00 bits per heavy atom. The number of hydrogen-bond donors (Lipinski definition) is 1. The Hall–Kier alpha value is -2.87. The van der Waals surface area contributed by atoms with Gasteiger partial charge in [-0.3, -0.25) is 4.99 Å². The molecule has 0 saturated heterocycles. The van der Waals surface area contributed by atoms with E-state index in [0.717, 1.165) is 22.4 Å². The number of nitrogens with zero attached hydrogens (tertiary/aromatic N) is 1. The molecule has 0 aromatic heterocycles. The highest BCUT2D eigenvalue weighted by atomic mass is 14.8. The summed E-state index contributed by atoms with van der Waals surface area (Å²) < 4.78 is 0. The van der Waals surface area contributed by atoms with Crippen LogP contribution in [0.25, 0.3) is 0 Å². The maximum absolute atomic E-state index is 6.15. The predicted molar refractivity (Wildman–Crippen MR) is 93.2 cm³/mol. The Kier molecular flexibility index (Phi) is 4.30. The Balaban J connectivity index is 2.01. The van der Waals surface area contributed by atoms with Crippen LogP contribution in [0.5, 0.6) is 0 Å². The monoisotopic (exact) mass is 286 g/mol. The van der Waals surface area contributed by atoms with E-state index < -0.39 is 0 Å². The SMILES string of the molecule is Nc1ccccc1C(N=Cc1ccccc1)c1ccccc1. The van der Waals surface area contributed by atoms with E-state index in [-0.39, 0.29) is 6.04 Å². The van der Waals surface area contributed by atoms with E-state index in [1.807, 2.05) is 79.0 Å². The molecule has 0 aliphatic heterocycles. The van der Waals surface area contributed by atoms with Crippen LogP contribution < -0.4 is 5.73 Å². The van der Waals surface area contributed by atoms with Crippen LogP contribution in [-0.4, -0.2) is 6.21 Å². The highest BCUT2D eigenvalue weighted by Crippen LogP contribution is 2.29. The maximum atomic E-state index is 6.15. The second-order valence-electron chi connectivity index (χ2n) is 5.13. The molecule has 0 radical (unpaired) electrons.